The third-order valence-electron chi connectivity index (χ3n) is 5.52. The van der Waals surface area contributed by atoms with Crippen LogP contribution in [-0.4, -0.2) is 61.2 Å². The van der Waals surface area contributed by atoms with E-state index in [0.29, 0.717) is 22.8 Å². The number of Topliss-reactive ketones (excluding diaryl/α,β-unsaturated/α-hetero) is 1. The Morgan fingerprint density at radius 1 is 0.949 bits per heavy atom. The first-order valence-corrected chi connectivity index (χ1v) is 14.0. The summed E-state index contributed by atoms with van der Waals surface area (Å²) in [5.41, 5.74) is 4.14. The van der Waals surface area contributed by atoms with Crippen molar-refractivity contribution in [3.05, 3.63) is 78.1 Å². The summed E-state index contributed by atoms with van der Waals surface area (Å²) in [6, 6.07) is 15.5. The molecule has 0 unspecified atom stereocenters. The van der Waals surface area contributed by atoms with E-state index in [1.807, 2.05) is 31.2 Å². The highest BCUT2D eigenvalue weighted by atomic mass is 32.2. The highest BCUT2D eigenvalue weighted by molar-refractivity contribution is 7.89. The lowest BCUT2D eigenvalue weighted by Gasteiger charge is -2.10. The molecule has 0 bridgehead atoms. The third-order valence-corrected chi connectivity index (χ3v) is 6.74. The van der Waals surface area contributed by atoms with Gasteiger partial charge in [0.1, 0.15) is 0 Å². The van der Waals surface area contributed by atoms with E-state index in [1.54, 1.807) is 22.9 Å². The summed E-state index contributed by atoms with van der Waals surface area (Å²) in [5.74, 6) is -0.880. The Balaban J connectivity index is 1.67. The Morgan fingerprint density at radius 3 is 2.21 bits per heavy atom. The van der Waals surface area contributed by atoms with E-state index < -0.39 is 15.9 Å². The average molecular weight is 571 g/mol. The Hall–Kier alpha value is -3.94. The maximum atomic E-state index is 12.6. The molecule has 3 aromatic rings. The van der Waals surface area contributed by atoms with Crippen LogP contribution in [0.5, 0.6) is 0 Å². The summed E-state index contributed by atoms with van der Waals surface area (Å²) in [6.45, 7) is 5.54. The Kier molecular flexibility index (Phi) is 10.0. The van der Waals surface area contributed by atoms with Crippen molar-refractivity contribution in [3.8, 4) is 16.9 Å². The van der Waals surface area contributed by atoms with Crippen LogP contribution in [0.3, 0.4) is 0 Å². The number of ketones is 1. The van der Waals surface area contributed by atoms with Gasteiger partial charge in [0.05, 0.1) is 53.8 Å². The van der Waals surface area contributed by atoms with E-state index in [9.17, 15) is 22.8 Å². The minimum atomic E-state index is -3.85. The number of hydrogen-bond donors (Lipinski definition) is 5. The predicted octanol–water partition coefficient (Wildman–Crippen LogP) is 0.872. The van der Waals surface area contributed by atoms with Gasteiger partial charge in [0.15, 0.2) is 5.78 Å². The summed E-state index contributed by atoms with van der Waals surface area (Å²) in [5, 5.41) is 17.7. The number of aromatic nitrogens is 2. The molecule has 0 saturated heterocycles. The lowest BCUT2D eigenvalue weighted by molar-refractivity contribution is -0.124. The number of nitrogens with zero attached hydrogens (tertiary/aromatic N) is 2. The number of nitrogens with two attached hydrogens (primary N) is 1. The highest BCUT2D eigenvalue weighted by Crippen LogP contribution is 2.25. The molecule has 0 fully saturated rings. The van der Waals surface area contributed by atoms with Crippen molar-refractivity contribution in [2.24, 2.45) is 5.14 Å². The second-order valence-corrected chi connectivity index (χ2v) is 10.6. The fourth-order valence-corrected chi connectivity index (χ4v) is 4.10. The van der Waals surface area contributed by atoms with E-state index in [2.05, 4.69) is 40.3 Å². The van der Waals surface area contributed by atoms with Crippen LogP contribution in [0, 0.1) is 6.92 Å². The molecule has 3 rings (SSSR count). The molecule has 2 amide bonds. The monoisotopic (exact) mass is 570 g/mol. The first kappa shape index (κ1) is 29.6. The van der Waals surface area contributed by atoms with E-state index in [0.717, 1.165) is 11.1 Å². The molecule has 0 radical (unpaired) electrons. The molecule has 5 N–H and O–H groups in total. The lowest BCUT2D eigenvalue weighted by Crippen LogP contribution is -2.38. The van der Waals surface area contributed by atoms with E-state index >= 15 is 0 Å². The average Bonchev–Trinajstić information content (AvgIpc) is 3.32. The van der Waals surface area contributed by atoms with Gasteiger partial charge in [0, 0.05) is 11.3 Å². The lowest BCUT2D eigenvalue weighted by atomic mass is 10.1. The van der Waals surface area contributed by atoms with Crippen molar-refractivity contribution < 1.29 is 22.8 Å². The van der Waals surface area contributed by atoms with Gasteiger partial charge < -0.3 is 16.0 Å². The van der Waals surface area contributed by atoms with Crippen LogP contribution in [0.25, 0.3) is 16.9 Å². The molecule has 0 atom stereocenters. The molecule has 1 aromatic heterocycles. The van der Waals surface area contributed by atoms with Gasteiger partial charge in [-0.05, 0) is 37.3 Å². The molecular formula is C26H30N6O5S2. The molecule has 11 nitrogen and oxygen atoms in total. The summed E-state index contributed by atoms with van der Waals surface area (Å²) in [6.07, 6.45) is -0.0305. The van der Waals surface area contributed by atoms with E-state index in [1.165, 1.54) is 12.1 Å². The van der Waals surface area contributed by atoms with Gasteiger partial charge >= 0.3 is 0 Å². The van der Waals surface area contributed by atoms with Gasteiger partial charge in [-0.1, -0.05) is 36.4 Å². The summed E-state index contributed by atoms with van der Waals surface area (Å²) >= 11 is 3.86. The fraction of sp³-hybridized carbons (Fsp3) is 0.231. The van der Waals surface area contributed by atoms with Gasteiger partial charge in [0.2, 0.25) is 21.8 Å². The number of hydrogen-bond acceptors (Lipinski definition) is 8. The smallest absolute Gasteiger partial charge is 0.239 e. The number of amides is 2. The maximum absolute atomic E-state index is 12.6. The van der Waals surface area contributed by atoms with Crippen LogP contribution in [0.4, 0.5) is 0 Å². The van der Waals surface area contributed by atoms with Gasteiger partial charge in [-0.15, -0.1) is 0 Å². The maximum Gasteiger partial charge on any atom is 0.239 e. The predicted molar refractivity (Wildman–Crippen MR) is 151 cm³/mol. The van der Waals surface area contributed by atoms with Crippen molar-refractivity contribution in [2.75, 3.05) is 25.4 Å². The second-order valence-electron chi connectivity index (χ2n) is 8.72. The minimum Gasteiger partial charge on any atom is -0.379 e. The van der Waals surface area contributed by atoms with E-state index in [-0.39, 0.29) is 48.4 Å². The van der Waals surface area contributed by atoms with E-state index in [4.69, 9.17) is 5.14 Å². The van der Waals surface area contributed by atoms with Gasteiger partial charge in [-0.25, -0.2) is 18.2 Å². The molecule has 13 heteroatoms. The molecular weight excluding hydrogens is 540 g/mol. The SMILES string of the molecule is C=C(CNC(=O)CS)NCC(=O)NCC(=O)Cc1cc(-c2ccc(C)cc2)n(-c2ccc(S(N)(=O)=O)cc2)n1. The molecule has 0 spiro atoms. The molecule has 0 aliphatic heterocycles. The molecule has 0 aliphatic rings. The first-order valence-electron chi connectivity index (χ1n) is 11.8. The number of primary sulfonamides is 1. The molecule has 2 aromatic carbocycles. The minimum absolute atomic E-state index is 0.0260. The molecule has 0 saturated carbocycles. The molecule has 206 valence electrons. The zero-order valence-electron chi connectivity index (χ0n) is 21.3. The zero-order valence-corrected chi connectivity index (χ0v) is 23.0. The van der Waals surface area contributed by atoms with Gasteiger partial charge in [-0.3, -0.25) is 14.4 Å². The number of thiol groups is 1. The van der Waals surface area contributed by atoms with Crippen LogP contribution in [-0.2, 0) is 30.8 Å². The van der Waals surface area contributed by atoms with Gasteiger partial charge in [0.25, 0.3) is 0 Å². The van der Waals surface area contributed by atoms with Crippen LogP contribution in [0.2, 0.25) is 0 Å². The Labute approximate surface area is 232 Å². The Bertz CT molecular complexity index is 1470. The molecule has 0 aliphatic carbocycles. The van der Waals surface area contributed by atoms with Crippen LogP contribution >= 0.6 is 12.6 Å². The molecule has 1 heterocycles. The van der Waals surface area contributed by atoms with Crippen LogP contribution < -0.4 is 21.1 Å². The number of rotatable bonds is 13. The van der Waals surface area contributed by atoms with Crippen molar-refractivity contribution >= 4 is 40.2 Å². The van der Waals surface area contributed by atoms with Crippen LogP contribution in [0.1, 0.15) is 11.3 Å². The number of carbonyl (C=O) groups excluding carboxylic acids is 3. The van der Waals surface area contributed by atoms with Crippen molar-refractivity contribution in [2.45, 2.75) is 18.2 Å². The summed E-state index contributed by atoms with van der Waals surface area (Å²) < 4.78 is 24.9. The quantitative estimate of drug-likeness (QED) is 0.190. The number of benzene rings is 2. The van der Waals surface area contributed by atoms with Crippen molar-refractivity contribution in [1.29, 1.82) is 0 Å². The zero-order chi connectivity index (χ0) is 28.6. The third kappa shape index (κ3) is 8.80. The Morgan fingerprint density at radius 2 is 1.59 bits per heavy atom. The summed E-state index contributed by atoms with van der Waals surface area (Å²) in [4.78, 5) is 35.9. The standard InChI is InChI=1S/C26H30N6O5S2/c1-17-3-5-19(6-4-17)24-12-20(31-32(24)21-7-9-23(10-8-21)39(27,36)37)11-22(33)14-30-25(34)15-28-18(2)13-29-26(35)16-38/h3-10,12,28,38H,2,11,13-16H2,1H3,(H,29,35)(H,30,34)(H2,27,36,37). The van der Waals surface area contributed by atoms with Gasteiger partial charge in [-0.2, -0.15) is 17.7 Å². The topological polar surface area (TPSA) is 165 Å². The molecule has 39 heavy (non-hydrogen) atoms. The number of nitrogens with one attached hydrogen (secondary N) is 3. The van der Waals surface area contributed by atoms with Crippen molar-refractivity contribution in [1.82, 2.24) is 25.7 Å². The first-order chi connectivity index (χ1) is 18.5. The van der Waals surface area contributed by atoms with Crippen LogP contribution in [0.15, 0.2) is 71.8 Å². The number of carbonyl (C=O) groups is 3. The summed E-state index contributed by atoms with van der Waals surface area (Å²) in [7, 11) is -3.85. The normalized spacial score (nSPS) is 11.1. The fourth-order valence-electron chi connectivity index (χ4n) is 3.47. The number of sulfonamides is 1. The highest BCUT2D eigenvalue weighted by Gasteiger charge is 2.16. The van der Waals surface area contributed by atoms with Crippen molar-refractivity contribution in [3.63, 3.8) is 0 Å². The number of aryl methyl sites for hydroxylation is 1. The largest absolute Gasteiger partial charge is 0.379 e. The second kappa shape index (κ2) is 13.2.